The minimum absolute atomic E-state index is 0.114. The zero-order valence-electron chi connectivity index (χ0n) is 47.6. The molecule has 0 aliphatic rings. The van der Waals surface area contributed by atoms with E-state index < -0.39 is 6.10 Å². The molecule has 0 saturated heterocycles. The zero-order chi connectivity index (χ0) is 52.9. The van der Waals surface area contributed by atoms with Crippen LogP contribution in [0.15, 0.2) is 109 Å². The highest BCUT2D eigenvalue weighted by Gasteiger charge is 2.19. The lowest BCUT2D eigenvalue weighted by Gasteiger charge is -2.18. The fraction of sp³-hybridized carbons (Fsp3) is 0.687. The van der Waals surface area contributed by atoms with Crippen LogP contribution in [0.2, 0.25) is 0 Å². The van der Waals surface area contributed by atoms with Crippen molar-refractivity contribution >= 4 is 17.9 Å². The molecule has 0 radical (unpaired) electrons. The van der Waals surface area contributed by atoms with Gasteiger partial charge >= 0.3 is 17.9 Å². The molecule has 0 amide bonds. The van der Waals surface area contributed by atoms with E-state index in [1.165, 1.54) is 135 Å². The lowest BCUT2D eigenvalue weighted by atomic mass is 10.1. The molecular formula is C67H112O6. The van der Waals surface area contributed by atoms with Crippen molar-refractivity contribution in [3.8, 4) is 0 Å². The Kier molecular flexibility index (Phi) is 57.4. The van der Waals surface area contributed by atoms with Gasteiger partial charge in [-0.1, -0.05) is 246 Å². The van der Waals surface area contributed by atoms with Gasteiger partial charge in [0.25, 0.3) is 0 Å². The van der Waals surface area contributed by atoms with Crippen molar-refractivity contribution in [3.63, 3.8) is 0 Å². The third kappa shape index (κ3) is 58.8. The minimum atomic E-state index is -0.817. The first-order chi connectivity index (χ1) is 36.0. The summed E-state index contributed by atoms with van der Waals surface area (Å²) in [6.07, 6.45) is 82.3. The van der Waals surface area contributed by atoms with Crippen LogP contribution in [0, 0.1) is 0 Å². The molecule has 0 aliphatic heterocycles. The zero-order valence-corrected chi connectivity index (χ0v) is 47.6. The standard InChI is InChI=1S/C67H112O6/c1-4-7-10-13-16-19-22-25-28-31-33-36-39-42-45-48-51-54-57-60-66(69)72-63-64(62-71-65(68)59-56-53-50-47-44-41-38-35-30-27-24-21-18-15-12-9-6-3)73-67(70)61-58-55-52-49-46-43-40-37-34-32-29-26-23-20-17-14-11-8-5-2/h7,10,16,19,25,27-28,30,32-34,36,38,41-42,45,47,50,64H,4-6,8-9,11-15,17-18,20-24,26,29,31,35,37,39-40,43-44,46,48-49,51-63H2,1-3H3/b10-7-,19-16-,28-25-,30-27-,34-32-,36-33-,41-38-,45-42-,50-47-. The summed E-state index contributed by atoms with van der Waals surface area (Å²) in [6, 6.07) is 0. The van der Waals surface area contributed by atoms with Gasteiger partial charge in [0.15, 0.2) is 6.10 Å². The predicted molar refractivity (Wildman–Crippen MR) is 316 cm³/mol. The Morgan fingerprint density at radius 3 is 0.918 bits per heavy atom. The van der Waals surface area contributed by atoms with E-state index >= 15 is 0 Å². The normalized spacial score (nSPS) is 12.9. The summed E-state index contributed by atoms with van der Waals surface area (Å²) in [5.41, 5.74) is 0. The molecule has 416 valence electrons. The van der Waals surface area contributed by atoms with Crippen LogP contribution < -0.4 is 0 Å². The van der Waals surface area contributed by atoms with E-state index in [9.17, 15) is 14.4 Å². The lowest BCUT2D eigenvalue weighted by Crippen LogP contribution is -2.30. The Morgan fingerprint density at radius 1 is 0.288 bits per heavy atom. The highest BCUT2D eigenvalue weighted by Crippen LogP contribution is 2.14. The summed E-state index contributed by atoms with van der Waals surface area (Å²) < 4.78 is 16.8. The van der Waals surface area contributed by atoms with Crippen molar-refractivity contribution in [1.82, 2.24) is 0 Å². The Bertz CT molecular complexity index is 1490. The second-order valence-corrected chi connectivity index (χ2v) is 19.9. The number of esters is 3. The van der Waals surface area contributed by atoms with Crippen LogP contribution in [0.5, 0.6) is 0 Å². The van der Waals surface area contributed by atoms with Gasteiger partial charge in [-0.15, -0.1) is 0 Å². The summed E-state index contributed by atoms with van der Waals surface area (Å²) >= 11 is 0. The van der Waals surface area contributed by atoms with Gasteiger partial charge in [0.1, 0.15) is 13.2 Å². The van der Waals surface area contributed by atoms with E-state index in [1.54, 1.807) is 0 Å². The molecular weight excluding hydrogens is 901 g/mol. The molecule has 1 atom stereocenters. The Hall–Kier alpha value is -3.93. The number of unbranched alkanes of at least 4 members (excludes halogenated alkanes) is 25. The highest BCUT2D eigenvalue weighted by atomic mass is 16.6. The molecule has 0 bridgehead atoms. The second kappa shape index (κ2) is 60.6. The number of allylic oxidation sites excluding steroid dienone is 18. The number of carbonyl (C=O) groups excluding carboxylic acids is 3. The average Bonchev–Trinajstić information content (AvgIpc) is 3.39. The molecule has 0 fully saturated rings. The van der Waals surface area contributed by atoms with Gasteiger partial charge in [-0.05, 0) is 122 Å². The molecule has 1 unspecified atom stereocenters. The topological polar surface area (TPSA) is 78.9 Å². The Balaban J connectivity index is 4.52. The second-order valence-electron chi connectivity index (χ2n) is 19.9. The van der Waals surface area contributed by atoms with Crippen LogP contribution >= 0.6 is 0 Å². The number of ether oxygens (including phenoxy) is 3. The van der Waals surface area contributed by atoms with Crippen LogP contribution in [-0.2, 0) is 28.6 Å². The Morgan fingerprint density at radius 2 is 0.548 bits per heavy atom. The average molecular weight is 1010 g/mol. The fourth-order valence-corrected chi connectivity index (χ4v) is 8.19. The van der Waals surface area contributed by atoms with Crippen molar-refractivity contribution in [2.45, 2.75) is 284 Å². The maximum Gasteiger partial charge on any atom is 0.306 e. The number of rotatable bonds is 54. The lowest BCUT2D eigenvalue weighted by molar-refractivity contribution is -0.167. The molecule has 0 aliphatic carbocycles. The van der Waals surface area contributed by atoms with E-state index in [1.807, 2.05) is 0 Å². The van der Waals surface area contributed by atoms with Crippen molar-refractivity contribution < 1.29 is 28.6 Å². The molecule has 6 nitrogen and oxygen atoms in total. The SMILES string of the molecule is CC/C=C\C/C=C\C/C=C\C/C=C\C/C=C\CCCCCC(=O)OCC(COC(=O)CCC/C=C\C/C=C\C/C=C\CCCCCCCC)OC(=O)CCCCCCCCC/C=C\CCCCCCCCCC. The summed E-state index contributed by atoms with van der Waals surface area (Å²) in [6.45, 7) is 6.46. The van der Waals surface area contributed by atoms with Crippen LogP contribution in [-0.4, -0.2) is 37.2 Å². The molecule has 0 aromatic rings. The Labute approximate surface area is 450 Å². The molecule has 73 heavy (non-hydrogen) atoms. The fourth-order valence-electron chi connectivity index (χ4n) is 8.19. The molecule has 0 aromatic carbocycles. The van der Waals surface area contributed by atoms with Gasteiger partial charge in [-0.2, -0.15) is 0 Å². The van der Waals surface area contributed by atoms with Gasteiger partial charge < -0.3 is 14.2 Å². The van der Waals surface area contributed by atoms with Gasteiger partial charge in [-0.3, -0.25) is 14.4 Å². The minimum Gasteiger partial charge on any atom is -0.462 e. The van der Waals surface area contributed by atoms with E-state index in [-0.39, 0.29) is 37.5 Å². The number of hydrogen-bond acceptors (Lipinski definition) is 6. The number of hydrogen-bond donors (Lipinski definition) is 0. The smallest absolute Gasteiger partial charge is 0.306 e. The van der Waals surface area contributed by atoms with Gasteiger partial charge in [0, 0.05) is 19.3 Å². The third-order valence-corrected chi connectivity index (χ3v) is 12.7. The van der Waals surface area contributed by atoms with Crippen LogP contribution in [0.25, 0.3) is 0 Å². The van der Waals surface area contributed by atoms with Crippen molar-refractivity contribution in [3.05, 3.63) is 109 Å². The number of carbonyl (C=O) groups is 3. The summed E-state index contributed by atoms with van der Waals surface area (Å²) in [4.78, 5) is 38.2. The van der Waals surface area contributed by atoms with Gasteiger partial charge in [-0.25, -0.2) is 0 Å². The van der Waals surface area contributed by atoms with E-state index in [0.29, 0.717) is 19.3 Å². The third-order valence-electron chi connectivity index (χ3n) is 12.7. The monoisotopic (exact) mass is 1010 g/mol. The predicted octanol–water partition coefficient (Wildman–Crippen LogP) is 20.7. The van der Waals surface area contributed by atoms with Crippen LogP contribution in [0.4, 0.5) is 0 Å². The van der Waals surface area contributed by atoms with Crippen molar-refractivity contribution in [2.75, 3.05) is 13.2 Å². The van der Waals surface area contributed by atoms with E-state index in [2.05, 4.69) is 130 Å². The van der Waals surface area contributed by atoms with Gasteiger partial charge in [0.2, 0.25) is 0 Å². The first kappa shape index (κ1) is 69.1. The molecule has 0 N–H and O–H groups in total. The largest absolute Gasteiger partial charge is 0.462 e. The maximum absolute atomic E-state index is 12.9. The van der Waals surface area contributed by atoms with Gasteiger partial charge in [0.05, 0.1) is 0 Å². The van der Waals surface area contributed by atoms with Crippen LogP contribution in [0.1, 0.15) is 278 Å². The highest BCUT2D eigenvalue weighted by molar-refractivity contribution is 5.71. The molecule has 0 aromatic heterocycles. The first-order valence-corrected chi connectivity index (χ1v) is 30.4. The van der Waals surface area contributed by atoms with E-state index in [4.69, 9.17) is 14.2 Å². The molecule has 0 spiro atoms. The summed E-state index contributed by atoms with van der Waals surface area (Å²) in [7, 11) is 0. The quantitative estimate of drug-likeness (QED) is 0.0261. The summed E-state index contributed by atoms with van der Waals surface area (Å²) in [5, 5.41) is 0. The first-order valence-electron chi connectivity index (χ1n) is 30.4. The van der Waals surface area contributed by atoms with E-state index in [0.717, 1.165) is 96.3 Å². The van der Waals surface area contributed by atoms with Crippen molar-refractivity contribution in [2.24, 2.45) is 0 Å². The molecule has 0 saturated carbocycles. The van der Waals surface area contributed by atoms with Crippen LogP contribution in [0.3, 0.4) is 0 Å². The van der Waals surface area contributed by atoms with Crippen molar-refractivity contribution in [1.29, 1.82) is 0 Å². The molecule has 0 rings (SSSR count). The molecule has 6 heteroatoms. The molecule has 0 heterocycles. The summed E-state index contributed by atoms with van der Waals surface area (Å²) in [5.74, 6) is -0.997. The maximum atomic E-state index is 12.9.